The van der Waals surface area contributed by atoms with E-state index in [-0.39, 0.29) is 0 Å². The molecule has 0 radical (unpaired) electrons. The molecule has 1 aliphatic carbocycles. The monoisotopic (exact) mass is 261 g/mol. The maximum absolute atomic E-state index is 5.34. The third-order valence-electron chi connectivity index (χ3n) is 3.54. The van der Waals surface area contributed by atoms with E-state index in [1.807, 2.05) is 17.8 Å². The largest absolute Gasteiger partial charge is 0.339 e. The summed E-state index contributed by atoms with van der Waals surface area (Å²) in [6.45, 7) is 3.10. The highest BCUT2D eigenvalue weighted by molar-refractivity contribution is 5.42. The van der Waals surface area contributed by atoms with Gasteiger partial charge in [0.05, 0.1) is 0 Å². The molecule has 0 amide bonds. The predicted octanol–water partition coefficient (Wildman–Crippen LogP) is 1.40. The quantitative estimate of drug-likeness (QED) is 0.851. The summed E-state index contributed by atoms with van der Waals surface area (Å²) in [6.07, 6.45) is 7.01. The van der Waals surface area contributed by atoms with Crippen LogP contribution in [0.3, 0.4) is 0 Å². The average molecular weight is 261 g/mol. The number of aromatic nitrogens is 4. The smallest absolute Gasteiger partial charge is 0.238 e. The van der Waals surface area contributed by atoms with Crippen LogP contribution in [-0.4, -0.2) is 32.3 Å². The molecule has 102 valence electrons. The van der Waals surface area contributed by atoms with Gasteiger partial charge in [0.1, 0.15) is 0 Å². The van der Waals surface area contributed by atoms with Gasteiger partial charge in [0, 0.05) is 31.9 Å². The number of imidazole rings is 1. The third-order valence-corrected chi connectivity index (χ3v) is 3.54. The van der Waals surface area contributed by atoms with Crippen molar-refractivity contribution in [3.63, 3.8) is 0 Å². The molecule has 0 aliphatic heterocycles. The van der Waals surface area contributed by atoms with Gasteiger partial charge in [0.15, 0.2) is 5.82 Å². The van der Waals surface area contributed by atoms with E-state index in [1.165, 1.54) is 12.8 Å². The Morgan fingerprint density at radius 3 is 3.00 bits per heavy atom. The molecule has 6 nitrogen and oxygen atoms in total. The molecule has 0 aromatic carbocycles. The van der Waals surface area contributed by atoms with E-state index in [4.69, 9.17) is 4.52 Å². The van der Waals surface area contributed by atoms with Crippen molar-refractivity contribution in [3.05, 3.63) is 18.3 Å². The molecule has 1 unspecified atom stereocenters. The highest BCUT2D eigenvalue weighted by atomic mass is 16.5. The topological polar surface area (TPSA) is 68.8 Å². The Kier molecular flexibility index (Phi) is 3.33. The Morgan fingerprint density at radius 2 is 2.37 bits per heavy atom. The van der Waals surface area contributed by atoms with Crippen LogP contribution in [0.5, 0.6) is 0 Å². The van der Waals surface area contributed by atoms with Gasteiger partial charge in [-0.25, -0.2) is 4.98 Å². The molecule has 0 bridgehead atoms. The summed E-state index contributed by atoms with van der Waals surface area (Å²) in [5.41, 5.74) is 0. The second-order valence-corrected chi connectivity index (χ2v) is 5.08. The van der Waals surface area contributed by atoms with Crippen molar-refractivity contribution in [1.82, 2.24) is 25.0 Å². The van der Waals surface area contributed by atoms with Gasteiger partial charge in [0.2, 0.25) is 11.7 Å². The molecule has 2 heterocycles. The van der Waals surface area contributed by atoms with E-state index in [9.17, 15) is 0 Å². The van der Waals surface area contributed by atoms with Crippen molar-refractivity contribution in [2.24, 2.45) is 13.0 Å². The molecule has 0 spiro atoms. The zero-order chi connectivity index (χ0) is 13.2. The molecule has 1 aliphatic rings. The van der Waals surface area contributed by atoms with Crippen molar-refractivity contribution >= 4 is 0 Å². The molecule has 19 heavy (non-hydrogen) atoms. The lowest BCUT2D eigenvalue weighted by Crippen LogP contribution is -2.33. The number of likely N-dealkylation sites (N-methyl/N-ethyl adjacent to an activating group) is 1. The van der Waals surface area contributed by atoms with Crippen molar-refractivity contribution in [2.45, 2.75) is 32.2 Å². The van der Waals surface area contributed by atoms with Crippen LogP contribution in [0.4, 0.5) is 0 Å². The summed E-state index contributed by atoms with van der Waals surface area (Å²) in [6, 6.07) is 0.458. The number of hydrogen-bond donors (Lipinski definition) is 1. The molecule has 1 saturated carbocycles. The molecular formula is C13H19N5O. The first-order chi connectivity index (χ1) is 9.28. The van der Waals surface area contributed by atoms with E-state index < -0.39 is 0 Å². The normalized spacial score (nSPS) is 16.7. The van der Waals surface area contributed by atoms with Crippen molar-refractivity contribution < 1.29 is 4.52 Å². The van der Waals surface area contributed by atoms with Gasteiger partial charge in [0.25, 0.3) is 0 Å². The van der Waals surface area contributed by atoms with E-state index in [0.717, 1.165) is 24.7 Å². The fourth-order valence-corrected chi connectivity index (χ4v) is 2.36. The van der Waals surface area contributed by atoms with Crippen LogP contribution >= 0.6 is 0 Å². The number of rotatable bonds is 6. The van der Waals surface area contributed by atoms with Gasteiger partial charge >= 0.3 is 0 Å². The van der Waals surface area contributed by atoms with E-state index in [0.29, 0.717) is 17.8 Å². The van der Waals surface area contributed by atoms with Gasteiger partial charge < -0.3 is 14.4 Å². The third kappa shape index (κ3) is 2.68. The zero-order valence-corrected chi connectivity index (χ0v) is 11.3. The molecule has 0 saturated heterocycles. The predicted molar refractivity (Wildman–Crippen MR) is 70.4 cm³/mol. The minimum atomic E-state index is 0.458. The van der Waals surface area contributed by atoms with Crippen LogP contribution in [0, 0.1) is 5.92 Å². The van der Waals surface area contributed by atoms with Gasteiger partial charge in [-0.05, 0) is 25.3 Å². The molecule has 1 N–H and O–H groups in total. The first-order valence-corrected chi connectivity index (χ1v) is 6.81. The van der Waals surface area contributed by atoms with Gasteiger partial charge in [-0.2, -0.15) is 4.98 Å². The Hall–Kier alpha value is -1.69. The van der Waals surface area contributed by atoms with Gasteiger partial charge in [-0.15, -0.1) is 0 Å². The number of aryl methyl sites for hydroxylation is 1. The number of nitrogens with one attached hydrogen (secondary N) is 1. The molecule has 3 rings (SSSR count). The van der Waals surface area contributed by atoms with Gasteiger partial charge in [-0.3, -0.25) is 0 Å². The summed E-state index contributed by atoms with van der Waals surface area (Å²) in [5.74, 6) is 2.76. The first-order valence-electron chi connectivity index (χ1n) is 6.81. The van der Waals surface area contributed by atoms with Crippen LogP contribution in [0.15, 0.2) is 16.9 Å². The van der Waals surface area contributed by atoms with Crippen LogP contribution in [0.2, 0.25) is 0 Å². The number of nitrogens with zero attached hydrogens (tertiary/aromatic N) is 4. The lowest BCUT2D eigenvalue weighted by Gasteiger charge is -2.14. The molecule has 2 aromatic rings. The second kappa shape index (κ2) is 5.13. The van der Waals surface area contributed by atoms with E-state index >= 15 is 0 Å². The van der Waals surface area contributed by atoms with Gasteiger partial charge in [-0.1, -0.05) is 12.1 Å². The van der Waals surface area contributed by atoms with E-state index in [2.05, 4.69) is 27.4 Å². The average Bonchev–Trinajstić information content (AvgIpc) is 3.00. The van der Waals surface area contributed by atoms with Crippen LogP contribution in [0.25, 0.3) is 11.6 Å². The lowest BCUT2D eigenvalue weighted by molar-refractivity contribution is 0.348. The summed E-state index contributed by atoms with van der Waals surface area (Å²) < 4.78 is 7.23. The molecule has 6 heteroatoms. The summed E-state index contributed by atoms with van der Waals surface area (Å²) in [5, 5.41) is 7.52. The second-order valence-electron chi connectivity index (χ2n) is 5.08. The van der Waals surface area contributed by atoms with Crippen molar-refractivity contribution in [2.75, 3.05) is 6.54 Å². The van der Waals surface area contributed by atoms with Crippen LogP contribution < -0.4 is 5.32 Å². The molecular weight excluding hydrogens is 242 g/mol. The van der Waals surface area contributed by atoms with Crippen molar-refractivity contribution in [3.8, 4) is 11.6 Å². The van der Waals surface area contributed by atoms with Crippen LogP contribution in [-0.2, 0) is 13.5 Å². The Bertz CT molecular complexity index is 543. The Morgan fingerprint density at radius 1 is 1.53 bits per heavy atom. The zero-order valence-electron chi connectivity index (χ0n) is 11.3. The molecule has 1 fully saturated rings. The minimum Gasteiger partial charge on any atom is -0.339 e. The first kappa shape index (κ1) is 12.3. The molecule has 2 aromatic heterocycles. The fourth-order valence-electron chi connectivity index (χ4n) is 2.36. The lowest BCUT2D eigenvalue weighted by atomic mass is 10.1. The Labute approximate surface area is 112 Å². The summed E-state index contributed by atoms with van der Waals surface area (Å²) in [4.78, 5) is 8.67. The minimum absolute atomic E-state index is 0.458. The Balaban J connectivity index is 1.72. The maximum atomic E-state index is 5.34. The fraction of sp³-hybridized carbons (Fsp3) is 0.615. The standard InChI is InChI=1S/C13H19N5O/c1-3-14-10(9-4-5-9)8-11-16-12(17-19-11)13-15-6-7-18(13)2/h6-7,9-10,14H,3-5,8H2,1-2H3. The SMILES string of the molecule is CCNC(Cc1nc(-c2nccn2C)no1)C1CC1. The summed E-state index contributed by atoms with van der Waals surface area (Å²) >= 11 is 0. The molecule has 1 atom stereocenters. The van der Waals surface area contributed by atoms with Crippen molar-refractivity contribution in [1.29, 1.82) is 0 Å². The number of hydrogen-bond acceptors (Lipinski definition) is 5. The van der Waals surface area contributed by atoms with Crippen LogP contribution in [0.1, 0.15) is 25.7 Å². The van der Waals surface area contributed by atoms with E-state index in [1.54, 1.807) is 6.20 Å². The highest BCUT2D eigenvalue weighted by Crippen LogP contribution is 2.34. The highest BCUT2D eigenvalue weighted by Gasteiger charge is 2.32. The maximum Gasteiger partial charge on any atom is 0.238 e. The summed E-state index contributed by atoms with van der Waals surface area (Å²) in [7, 11) is 1.92.